The van der Waals surface area contributed by atoms with Gasteiger partial charge in [0.15, 0.2) is 5.78 Å². The molecule has 0 heterocycles. The van der Waals surface area contributed by atoms with Crippen molar-refractivity contribution in [2.45, 2.75) is 58.0 Å². The normalized spacial score (nSPS) is 19.7. The van der Waals surface area contributed by atoms with E-state index in [-0.39, 0.29) is 34.5 Å². The first kappa shape index (κ1) is 22.8. The number of hydrogen-bond acceptors (Lipinski definition) is 1. The quantitative estimate of drug-likeness (QED) is 0.330. The van der Waals surface area contributed by atoms with Crippen molar-refractivity contribution in [3.63, 3.8) is 0 Å². The van der Waals surface area contributed by atoms with Gasteiger partial charge in [0.05, 0.1) is 10.6 Å². The summed E-state index contributed by atoms with van der Waals surface area (Å²) in [6.07, 6.45) is 0.896. The Hall–Kier alpha value is -1.88. The number of carbonyl (C=O) groups excluding carboxylic acids is 1. The number of hydrogen-bond donors (Lipinski definition) is 0. The minimum Gasteiger partial charge on any atom is -0.294 e. The highest BCUT2D eigenvalue weighted by Crippen LogP contribution is 2.36. The van der Waals surface area contributed by atoms with Gasteiger partial charge in [-0.25, -0.2) is 4.39 Å². The van der Waals surface area contributed by atoms with Crippen LogP contribution < -0.4 is 0 Å². The van der Waals surface area contributed by atoms with E-state index in [2.05, 4.69) is 0 Å². The summed E-state index contributed by atoms with van der Waals surface area (Å²) < 4.78 is 52.7. The molecular weight excluding hydrogens is 416 g/mol. The minimum atomic E-state index is -4.51. The molecular formula is C24H25ClF4O. The molecule has 1 aliphatic carbocycles. The highest BCUT2D eigenvalue weighted by Gasteiger charge is 2.32. The van der Waals surface area contributed by atoms with Gasteiger partial charge in [0.25, 0.3) is 0 Å². The fourth-order valence-corrected chi connectivity index (χ4v) is 4.49. The van der Waals surface area contributed by atoms with E-state index < -0.39 is 11.7 Å². The number of halogens is 5. The van der Waals surface area contributed by atoms with Gasteiger partial charge in [-0.1, -0.05) is 42.1 Å². The summed E-state index contributed by atoms with van der Waals surface area (Å²) in [7, 11) is 0. The Labute approximate surface area is 179 Å². The molecule has 0 aromatic heterocycles. The fraction of sp³-hybridized carbons (Fsp3) is 0.458. The second-order valence-corrected chi connectivity index (χ2v) is 8.75. The number of carbonyl (C=O) groups is 1. The summed E-state index contributed by atoms with van der Waals surface area (Å²) in [6.45, 7) is 1.95. The Bertz CT molecular complexity index is 899. The van der Waals surface area contributed by atoms with E-state index in [4.69, 9.17) is 11.6 Å². The van der Waals surface area contributed by atoms with Crippen molar-refractivity contribution in [3.05, 3.63) is 69.5 Å². The summed E-state index contributed by atoms with van der Waals surface area (Å²) in [5.74, 6) is 0.123. The van der Waals surface area contributed by atoms with Crippen LogP contribution in [0, 0.1) is 24.6 Å². The van der Waals surface area contributed by atoms with E-state index >= 15 is 0 Å². The average molecular weight is 441 g/mol. The van der Waals surface area contributed by atoms with Crippen LogP contribution >= 0.6 is 11.6 Å². The van der Waals surface area contributed by atoms with Crippen LogP contribution in [0.2, 0.25) is 5.02 Å². The zero-order chi connectivity index (χ0) is 21.9. The van der Waals surface area contributed by atoms with Crippen LogP contribution in [-0.2, 0) is 12.6 Å². The smallest absolute Gasteiger partial charge is 0.294 e. The Morgan fingerprint density at radius 3 is 2.37 bits per heavy atom. The van der Waals surface area contributed by atoms with E-state index in [1.54, 1.807) is 6.07 Å². The van der Waals surface area contributed by atoms with Gasteiger partial charge in [0, 0.05) is 12.0 Å². The molecule has 1 nitrogen and oxygen atoms in total. The lowest BCUT2D eigenvalue weighted by Crippen LogP contribution is -2.18. The summed E-state index contributed by atoms with van der Waals surface area (Å²) in [4.78, 5) is 12.6. The molecule has 6 heteroatoms. The maximum atomic E-state index is 13.9. The molecule has 0 unspecified atom stereocenters. The van der Waals surface area contributed by atoms with Crippen LogP contribution in [0.5, 0.6) is 0 Å². The van der Waals surface area contributed by atoms with Crippen molar-refractivity contribution in [1.82, 2.24) is 0 Å². The summed E-state index contributed by atoms with van der Waals surface area (Å²) in [6, 6.07) is 8.04. The lowest BCUT2D eigenvalue weighted by atomic mass is 9.77. The summed E-state index contributed by atoms with van der Waals surface area (Å²) >= 11 is 5.99. The first-order chi connectivity index (χ1) is 14.1. The topological polar surface area (TPSA) is 17.1 Å². The number of aryl methyl sites for hydroxylation is 2. The lowest BCUT2D eigenvalue weighted by molar-refractivity contribution is -0.137. The zero-order valence-electron chi connectivity index (χ0n) is 16.9. The Balaban J connectivity index is 1.52. The maximum absolute atomic E-state index is 13.9. The minimum absolute atomic E-state index is 0.0523. The van der Waals surface area contributed by atoms with Crippen LogP contribution in [-0.4, -0.2) is 5.78 Å². The Morgan fingerprint density at radius 2 is 1.70 bits per heavy atom. The third-order valence-electron chi connectivity index (χ3n) is 6.06. The average Bonchev–Trinajstić information content (AvgIpc) is 2.69. The second-order valence-electron chi connectivity index (χ2n) is 8.34. The predicted octanol–water partition coefficient (Wildman–Crippen LogP) is 7.82. The van der Waals surface area contributed by atoms with Gasteiger partial charge in [-0.2, -0.15) is 13.2 Å². The van der Waals surface area contributed by atoms with Crippen LogP contribution in [0.1, 0.15) is 65.6 Å². The molecule has 3 rings (SSSR count). The van der Waals surface area contributed by atoms with Crippen molar-refractivity contribution >= 4 is 17.4 Å². The fourth-order valence-electron chi connectivity index (χ4n) is 4.27. The molecule has 1 saturated carbocycles. The van der Waals surface area contributed by atoms with Gasteiger partial charge in [-0.05, 0) is 74.3 Å². The van der Waals surface area contributed by atoms with E-state index in [9.17, 15) is 22.4 Å². The van der Waals surface area contributed by atoms with Gasteiger partial charge >= 0.3 is 6.18 Å². The molecule has 0 bridgehead atoms. The summed E-state index contributed by atoms with van der Waals surface area (Å²) in [5.41, 5.74) is 0.874. The van der Waals surface area contributed by atoms with Crippen molar-refractivity contribution < 1.29 is 22.4 Å². The number of Topliss-reactive ketones (excluding diaryl/α,β-unsaturated/α-hetero) is 1. The van der Waals surface area contributed by atoms with Gasteiger partial charge in [-0.3, -0.25) is 4.79 Å². The van der Waals surface area contributed by atoms with Crippen molar-refractivity contribution in [1.29, 1.82) is 0 Å². The molecule has 30 heavy (non-hydrogen) atoms. The molecule has 1 aliphatic rings. The van der Waals surface area contributed by atoms with Crippen LogP contribution in [0.25, 0.3) is 0 Å². The number of ketones is 1. The third-order valence-corrected chi connectivity index (χ3v) is 6.39. The van der Waals surface area contributed by atoms with Crippen molar-refractivity contribution in [2.24, 2.45) is 11.8 Å². The van der Waals surface area contributed by atoms with E-state index in [1.807, 2.05) is 13.0 Å². The monoisotopic (exact) mass is 440 g/mol. The van der Waals surface area contributed by atoms with E-state index in [0.717, 1.165) is 61.4 Å². The lowest BCUT2D eigenvalue weighted by Gasteiger charge is -2.28. The van der Waals surface area contributed by atoms with Crippen LogP contribution in [0.3, 0.4) is 0 Å². The molecule has 0 spiro atoms. The van der Waals surface area contributed by atoms with Crippen molar-refractivity contribution in [3.8, 4) is 0 Å². The highest BCUT2D eigenvalue weighted by atomic mass is 35.5. The molecule has 0 N–H and O–H groups in total. The van der Waals surface area contributed by atoms with Gasteiger partial charge in [0.2, 0.25) is 0 Å². The zero-order valence-corrected chi connectivity index (χ0v) is 17.6. The first-order valence-electron chi connectivity index (χ1n) is 10.3. The standard InChI is InChI=1S/C24H25ClF4O/c1-15-2-11-22(26)18(12-15)8-7-16-3-5-17(6-4-16)13-23(30)20-14-19(24(27,28)29)9-10-21(20)25/h2,9-12,14,16-17H,3-8,13H2,1H3. The SMILES string of the molecule is Cc1ccc(F)c(CCC2CCC(CC(=O)c3cc(C(F)(F)F)ccc3Cl)CC2)c1. The molecule has 162 valence electrons. The number of rotatable bonds is 6. The Morgan fingerprint density at radius 1 is 1.03 bits per heavy atom. The molecule has 0 aliphatic heterocycles. The molecule has 0 atom stereocenters. The number of alkyl halides is 3. The maximum Gasteiger partial charge on any atom is 0.416 e. The molecule has 2 aromatic rings. The van der Waals surface area contributed by atoms with Crippen LogP contribution in [0.15, 0.2) is 36.4 Å². The van der Waals surface area contributed by atoms with Gasteiger partial charge in [-0.15, -0.1) is 0 Å². The van der Waals surface area contributed by atoms with Gasteiger partial charge < -0.3 is 0 Å². The third kappa shape index (κ3) is 5.84. The van der Waals surface area contributed by atoms with Crippen molar-refractivity contribution in [2.75, 3.05) is 0 Å². The second kappa shape index (κ2) is 9.51. The number of benzene rings is 2. The molecule has 0 radical (unpaired) electrons. The van der Waals surface area contributed by atoms with Crippen LogP contribution in [0.4, 0.5) is 17.6 Å². The first-order valence-corrected chi connectivity index (χ1v) is 10.7. The largest absolute Gasteiger partial charge is 0.416 e. The van der Waals surface area contributed by atoms with Gasteiger partial charge in [0.1, 0.15) is 5.82 Å². The van der Waals surface area contributed by atoms with E-state index in [1.165, 1.54) is 6.07 Å². The molecule has 0 saturated heterocycles. The predicted molar refractivity (Wildman–Crippen MR) is 110 cm³/mol. The molecule has 1 fully saturated rings. The molecule has 2 aromatic carbocycles. The van der Waals surface area contributed by atoms with E-state index in [0.29, 0.717) is 12.3 Å². The highest BCUT2D eigenvalue weighted by molar-refractivity contribution is 6.34. The summed E-state index contributed by atoms with van der Waals surface area (Å²) in [5, 5.41) is 0.0573. The Kier molecular flexibility index (Phi) is 7.22. The molecule has 0 amide bonds.